The van der Waals surface area contributed by atoms with Crippen molar-refractivity contribution in [2.24, 2.45) is 7.05 Å². The van der Waals surface area contributed by atoms with E-state index in [2.05, 4.69) is 10.3 Å². The average Bonchev–Trinajstić information content (AvgIpc) is 2.81. The monoisotopic (exact) mass is 485 g/mol. The molecule has 0 bridgehead atoms. The summed E-state index contributed by atoms with van der Waals surface area (Å²) in [6.45, 7) is 2.40. The molecule has 1 aliphatic heterocycles. The number of anilines is 1. The van der Waals surface area contributed by atoms with Crippen LogP contribution in [-0.2, 0) is 17.6 Å². The fraction of sp³-hybridized carbons (Fsp3) is 0.292. The van der Waals surface area contributed by atoms with Crippen LogP contribution in [0, 0.1) is 0 Å². The van der Waals surface area contributed by atoms with Crippen LogP contribution >= 0.6 is 23.4 Å². The number of nitrogens with zero attached hydrogens (tertiary/aromatic N) is 2. The molecular weight excluding hydrogens is 462 g/mol. The maximum absolute atomic E-state index is 13.1. The average molecular weight is 486 g/mol. The summed E-state index contributed by atoms with van der Waals surface area (Å²) in [5, 5.41) is 4.07. The van der Waals surface area contributed by atoms with Crippen LogP contribution in [0.1, 0.15) is 36.0 Å². The van der Waals surface area contributed by atoms with Crippen LogP contribution in [0.3, 0.4) is 0 Å². The molecule has 1 aliphatic rings. The molecule has 1 N–H and O–H groups in total. The minimum absolute atomic E-state index is 0.151. The maximum atomic E-state index is 13.1. The van der Waals surface area contributed by atoms with Crippen molar-refractivity contribution >= 4 is 35.1 Å². The first-order chi connectivity index (χ1) is 15.9. The van der Waals surface area contributed by atoms with Gasteiger partial charge in [-0.1, -0.05) is 41.6 Å². The summed E-state index contributed by atoms with van der Waals surface area (Å²) >= 11 is 7.38. The van der Waals surface area contributed by atoms with Gasteiger partial charge < -0.3 is 19.4 Å². The van der Waals surface area contributed by atoms with Gasteiger partial charge in [0.15, 0.2) is 16.7 Å². The van der Waals surface area contributed by atoms with Crippen molar-refractivity contribution in [3.63, 3.8) is 0 Å². The molecule has 1 aromatic heterocycles. The zero-order valence-corrected chi connectivity index (χ0v) is 20.1. The number of carbonyl (C=O) groups excluding carboxylic acids is 1. The minimum Gasteiger partial charge on any atom is -0.493 e. The third-order valence-corrected chi connectivity index (χ3v) is 6.82. The molecule has 1 amide bonds. The normalized spacial score (nSPS) is 15.0. The Morgan fingerprint density at radius 1 is 1.18 bits per heavy atom. The fourth-order valence-electron chi connectivity index (χ4n) is 3.85. The van der Waals surface area contributed by atoms with E-state index >= 15 is 0 Å². The molecule has 0 unspecified atom stereocenters. The highest BCUT2D eigenvalue weighted by atomic mass is 35.5. The van der Waals surface area contributed by atoms with Crippen LogP contribution in [0.2, 0.25) is 5.02 Å². The first-order valence-electron chi connectivity index (χ1n) is 10.5. The fourth-order valence-corrected chi connectivity index (χ4v) is 4.90. The molecule has 0 radical (unpaired) electrons. The summed E-state index contributed by atoms with van der Waals surface area (Å²) in [7, 11) is 3.37. The summed E-state index contributed by atoms with van der Waals surface area (Å²) in [4.78, 5) is 30.1. The highest BCUT2D eigenvalue weighted by molar-refractivity contribution is 7.98. The lowest BCUT2D eigenvalue weighted by Gasteiger charge is -2.28. The van der Waals surface area contributed by atoms with E-state index in [9.17, 15) is 9.59 Å². The van der Waals surface area contributed by atoms with Gasteiger partial charge in [0, 0.05) is 30.2 Å². The lowest BCUT2D eigenvalue weighted by atomic mass is 9.86. The van der Waals surface area contributed by atoms with Gasteiger partial charge in [-0.25, -0.2) is 0 Å². The Bertz CT molecular complexity index is 1240. The Balaban J connectivity index is 1.70. The van der Waals surface area contributed by atoms with Crippen molar-refractivity contribution in [2.75, 3.05) is 19.0 Å². The molecule has 4 rings (SSSR count). The summed E-state index contributed by atoms with van der Waals surface area (Å²) in [5.41, 5.74) is 1.98. The van der Waals surface area contributed by atoms with Crippen LogP contribution in [0.4, 0.5) is 5.82 Å². The third kappa shape index (κ3) is 4.86. The van der Waals surface area contributed by atoms with Crippen LogP contribution in [-0.4, -0.2) is 29.2 Å². The number of nitrogens with one attached hydrogen (secondary N) is 1. The van der Waals surface area contributed by atoms with Crippen LogP contribution in [0.25, 0.3) is 0 Å². The Labute approximate surface area is 201 Å². The molecule has 1 atom stereocenters. The topological polar surface area (TPSA) is 82.5 Å². The smallest absolute Gasteiger partial charge is 0.279 e. The Kier molecular flexibility index (Phi) is 6.95. The highest BCUT2D eigenvalue weighted by Gasteiger charge is 2.32. The second-order valence-corrected chi connectivity index (χ2v) is 8.96. The van der Waals surface area contributed by atoms with E-state index in [1.54, 1.807) is 24.8 Å². The highest BCUT2D eigenvalue weighted by Crippen LogP contribution is 2.39. The predicted molar refractivity (Wildman–Crippen MR) is 130 cm³/mol. The molecule has 0 saturated heterocycles. The minimum atomic E-state index is -0.431. The number of rotatable bonds is 7. The number of methoxy groups -OCH3 is 1. The second kappa shape index (κ2) is 9.89. The number of fused-ring (bicyclic) bond motifs is 1. The number of aromatic nitrogens is 2. The van der Waals surface area contributed by atoms with Crippen LogP contribution in [0.15, 0.2) is 52.4 Å². The number of hydrogen-bond donors (Lipinski definition) is 1. The molecule has 7 nitrogen and oxygen atoms in total. The lowest BCUT2D eigenvalue weighted by Crippen LogP contribution is -2.33. The molecule has 172 valence electrons. The van der Waals surface area contributed by atoms with Crippen LogP contribution in [0.5, 0.6) is 11.5 Å². The van der Waals surface area contributed by atoms with E-state index in [1.165, 1.54) is 11.8 Å². The number of thioether (sulfide) groups is 1. The van der Waals surface area contributed by atoms with Gasteiger partial charge >= 0.3 is 0 Å². The van der Waals surface area contributed by atoms with Crippen molar-refractivity contribution in [2.45, 2.75) is 30.2 Å². The summed E-state index contributed by atoms with van der Waals surface area (Å²) in [5.74, 6) is 1.67. The number of amides is 1. The number of hydrogen-bond acceptors (Lipinski definition) is 6. The van der Waals surface area contributed by atoms with Gasteiger partial charge in [-0.2, -0.15) is 4.98 Å². The van der Waals surface area contributed by atoms with E-state index in [4.69, 9.17) is 21.1 Å². The van der Waals surface area contributed by atoms with E-state index in [1.807, 2.05) is 43.3 Å². The molecule has 0 aliphatic carbocycles. The summed E-state index contributed by atoms with van der Waals surface area (Å²) in [6.07, 6.45) is 0.151. The van der Waals surface area contributed by atoms with Gasteiger partial charge in [0.1, 0.15) is 5.82 Å². The molecule has 9 heteroatoms. The molecule has 0 fully saturated rings. The quantitative estimate of drug-likeness (QED) is 0.389. The SMILES string of the molecule is CCOc1ccc([C@@H]2CC(=O)Nc3c2c(=O)nc(SCc2ccc(Cl)cc2)n3C)cc1OC. The van der Waals surface area contributed by atoms with E-state index in [-0.39, 0.29) is 17.9 Å². The number of ether oxygens (including phenoxy) is 2. The van der Waals surface area contributed by atoms with Crippen molar-refractivity contribution in [3.05, 3.63) is 74.5 Å². The van der Waals surface area contributed by atoms with Crippen molar-refractivity contribution < 1.29 is 14.3 Å². The Morgan fingerprint density at radius 2 is 1.94 bits per heavy atom. The van der Waals surface area contributed by atoms with E-state index in [0.29, 0.717) is 45.4 Å². The van der Waals surface area contributed by atoms with Crippen molar-refractivity contribution in [1.82, 2.24) is 9.55 Å². The number of benzene rings is 2. The standard InChI is InChI=1S/C24H24ClN3O4S/c1-4-32-18-10-7-15(11-19(18)31-3)17-12-20(29)26-22-21(17)23(30)27-24(28(22)2)33-13-14-5-8-16(25)9-6-14/h5-11,17H,4,12-13H2,1-3H3,(H,26,29)/t17-/m0/s1. The van der Waals surface area contributed by atoms with Crippen molar-refractivity contribution in [1.29, 1.82) is 0 Å². The first kappa shape index (κ1) is 23.2. The third-order valence-electron chi connectivity index (χ3n) is 5.47. The zero-order valence-electron chi connectivity index (χ0n) is 18.6. The number of halogens is 1. The van der Waals surface area contributed by atoms with Gasteiger partial charge in [0.25, 0.3) is 5.56 Å². The second-order valence-electron chi connectivity index (χ2n) is 7.58. The molecular formula is C24H24ClN3O4S. The molecule has 33 heavy (non-hydrogen) atoms. The predicted octanol–water partition coefficient (Wildman–Crippen LogP) is 4.61. The number of carbonyl (C=O) groups is 1. The molecule has 3 aromatic rings. The van der Waals surface area contributed by atoms with Gasteiger partial charge in [0.2, 0.25) is 5.91 Å². The summed E-state index contributed by atoms with van der Waals surface area (Å²) < 4.78 is 12.8. The Hall–Kier alpha value is -2.97. The van der Waals surface area contributed by atoms with Gasteiger partial charge in [0.05, 0.1) is 19.3 Å². The largest absolute Gasteiger partial charge is 0.493 e. The van der Waals surface area contributed by atoms with Gasteiger partial charge in [-0.3, -0.25) is 9.59 Å². The van der Waals surface area contributed by atoms with Gasteiger partial charge in [-0.15, -0.1) is 0 Å². The molecule has 2 aromatic carbocycles. The zero-order chi connectivity index (χ0) is 23.5. The van der Waals surface area contributed by atoms with Crippen LogP contribution < -0.4 is 20.3 Å². The molecule has 0 spiro atoms. The maximum Gasteiger partial charge on any atom is 0.279 e. The lowest BCUT2D eigenvalue weighted by molar-refractivity contribution is -0.116. The summed E-state index contributed by atoms with van der Waals surface area (Å²) in [6, 6.07) is 13.0. The van der Waals surface area contributed by atoms with E-state index in [0.717, 1.165) is 11.1 Å². The van der Waals surface area contributed by atoms with E-state index < -0.39 is 5.92 Å². The molecule has 2 heterocycles. The first-order valence-corrected chi connectivity index (χ1v) is 11.9. The van der Waals surface area contributed by atoms with Crippen molar-refractivity contribution in [3.8, 4) is 11.5 Å². The Morgan fingerprint density at radius 3 is 2.64 bits per heavy atom. The molecule has 0 saturated carbocycles. The van der Waals surface area contributed by atoms with Gasteiger partial charge in [-0.05, 0) is 42.3 Å².